The van der Waals surface area contributed by atoms with E-state index < -0.39 is 17.8 Å². The molecule has 1 atom stereocenters. The van der Waals surface area contributed by atoms with Gasteiger partial charge in [0, 0.05) is 28.2 Å². The molecular weight excluding hydrogens is 507 g/mol. The summed E-state index contributed by atoms with van der Waals surface area (Å²) in [6.07, 6.45) is 3.69. The molecule has 6 rings (SSSR count). The SMILES string of the molecule is COc1cc2c(cc1O)CCc1cc(-c3ccccc3F)c(C(=O)NC(CO)Cc3c[nH]c4ccccc34)cc1-2. The van der Waals surface area contributed by atoms with Crippen molar-refractivity contribution in [2.45, 2.75) is 25.3 Å². The number of carbonyl (C=O) groups excluding carboxylic acids is 1. The predicted octanol–water partition coefficient (Wildman–Crippen LogP) is 5.79. The summed E-state index contributed by atoms with van der Waals surface area (Å²) in [6, 6.07) is 20.9. The number of nitrogens with one attached hydrogen (secondary N) is 2. The molecule has 0 spiro atoms. The maximum absolute atomic E-state index is 15.0. The highest BCUT2D eigenvalue weighted by Gasteiger charge is 2.26. The van der Waals surface area contributed by atoms with E-state index in [-0.39, 0.29) is 12.4 Å². The number of ether oxygens (including phenoxy) is 1. The molecule has 6 nitrogen and oxygen atoms in total. The van der Waals surface area contributed by atoms with Crippen molar-refractivity contribution in [3.63, 3.8) is 0 Å². The van der Waals surface area contributed by atoms with Gasteiger partial charge in [-0.25, -0.2) is 4.39 Å². The van der Waals surface area contributed by atoms with Gasteiger partial charge < -0.3 is 25.3 Å². The van der Waals surface area contributed by atoms with Crippen LogP contribution in [0.5, 0.6) is 11.5 Å². The molecule has 0 saturated heterocycles. The molecule has 1 amide bonds. The second-order valence-corrected chi connectivity index (χ2v) is 10.1. The first-order valence-electron chi connectivity index (χ1n) is 13.3. The maximum Gasteiger partial charge on any atom is 0.252 e. The van der Waals surface area contributed by atoms with Crippen molar-refractivity contribution < 1.29 is 24.1 Å². The van der Waals surface area contributed by atoms with Gasteiger partial charge in [-0.15, -0.1) is 0 Å². The highest BCUT2D eigenvalue weighted by molar-refractivity contribution is 6.03. The number of benzene rings is 4. The number of fused-ring (bicyclic) bond motifs is 4. The van der Waals surface area contributed by atoms with Crippen LogP contribution in [-0.2, 0) is 19.3 Å². The van der Waals surface area contributed by atoms with Gasteiger partial charge in [-0.1, -0.05) is 36.4 Å². The zero-order valence-corrected chi connectivity index (χ0v) is 22.0. The van der Waals surface area contributed by atoms with Gasteiger partial charge in [0.05, 0.1) is 19.8 Å². The molecule has 1 aromatic heterocycles. The standard InChI is InChI=1S/C33H29FN2O4/c1-40-32-16-26-20(14-31(32)38)11-10-19-13-27(24-7-2-4-8-29(24)34)28(15-25(19)26)33(39)36-22(18-37)12-21-17-35-30-9-5-3-6-23(21)30/h2-9,13-17,22,35,37-38H,10-12,18H2,1H3,(H,36,39). The van der Waals surface area contributed by atoms with Crippen LogP contribution < -0.4 is 10.1 Å². The molecule has 1 unspecified atom stereocenters. The number of hydrogen-bond acceptors (Lipinski definition) is 4. The van der Waals surface area contributed by atoms with Gasteiger partial charge in [0.15, 0.2) is 11.5 Å². The largest absolute Gasteiger partial charge is 0.504 e. The highest BCUT2D eigenvalue weighted by atomic mass is 19.1. The molecule has 4 aromatic carbocycles. The summed E-state index contributed by atoms with van der Waals surface area (Å²) in [5.74, 6) is -0.418. The lowest BCUT2D eigenvalue weighted by molar-refractivity contribution is 0.0917. The average molecular weight is 537 g/mol. The van der Waals surface area contributed by atoms with Crippen molar-refractivity contribution in [1.82, 2.24) is 10.3 Å². The lowest BCUT2D eigenvalue weighted by Gasteiger charge is -2.24. The van der Waals surface area contributed by atoms with Crippen LogP contribution in [0.25, 0.3) is 33.2 Å². The minimum Gasteiger partial charge on any atom is -0.504 e. The summed E-state index contributed by atoms with van der Waals surface area (Å²) in [6.45, 7) is -0.259. The van der Waals surface area contributed by atoms with Crippen molar-refractivity contribution in [2.24, 2.45) is 0 Å². The molecule has 0 radical (unpaired) electrons. The quantitative estimate of drug-likeness (QED) is 0.212. The Labute approximate surface area is 231 Å². The molecule has 4 N–H and O–H groups in total. The van der Waals surface area contributed by atoms with Crippen LogP contribution in [0.1, 0.15) is 27.0 Å². The zero-order chi connectivity index (χ0) is 27.8. The molecule has 0 fully saturated rings. The van der Waals surface area contributed by atoms with Crippen molar-refractivity contribution in [3.05, 3.63) is 107 Å². The first-order valence-corrected chi connectivity index (χ1v) is 13.3. The number of methoxy groups -OCH3 is 1. The van der Waals surface area contributed by atoms with Gasteiger partial charge in [-0.2, -0.15) is 0 Å². The fraction of sp³-hybridized carbons (Fsp3) is 0.182. The fourth-order valence-electron chi connectivity index (χ4n) is 5.68. The van der Waals surface area contributed by atoms with Gasteiger partial charge in [0.25, 0.3) is 5.91 Å². The number of amides is 1. The minimum absolute atomic E-state index is 0.0636. The third-order valence-corrected chi connectivity index (χ3v) is 7.71. The number of hydrogen-bond donors (Lipinski definition) is 4. The van der Waals surface area contributed by atoms with E-state index in [4.69, 9.17) is 4.74 Å². The molecule has 202 valence electrons. The number of H-pyrrole nitrogens is 1. The highest BCUT2D eigenvalue weighted by Crippen LogP contribution is 2.42. The summed E-state index contributed by atoms with van der Waals surface area (Å²) >= 11 is 0. The van der Waals surface area contributed by atoms with Gasteiger partial charge in [-0.3, -0.25) is 4.79 Å². The smallest absolute Gasteiger partial charge is 0.252 e. The number of aryl methyl sites for hydroxylation is 2. The number of carbonyl (C=O) groups is 1. The molecule has 0 bridgehead atoms. The Kier molecular flexibility index (Phi) is 6.74. The number of aromatic amines is 1. The number of aromatic hydroxyl groups is 1. The lowest BCUT2D eigenvalue weighted by Crippen LogP contribution is -2.39. The topological polar surface area (TPSA) is 94.6 Å². The first kappa shape index (κ1) is 25.6. The lowest BCUT2D eigenvalue weighted by atomic mass is 9.82. The third kappa shape index (κ3) is 4.58. The summed E-state index contributed by atoms with van der Waals surface area (Å²) in [4.78, 5) is 17.1. The summed E-state index contributed by atoms with van der Waals surface area (Å²) < 4.78 is 20.4. The van der Waals surface area contributed by atoms with Crippen molar-refractivity contribution in [1.29, 1.82) is 0 Å². The van der Waals surface area contributed by atoms with Crippen LogP contribution in [0.15, 0.2) is 79.0 Å². The number of phenolic OH excluding ortho intramolecular Hbond substituents is 1. The van der Waals surface area contributed by atoms with Gasteiger partial charge >= 0.3 is 0 Å². The Morgan fingerprint density at radius 3 is 2.48 bits per heavy atom. The Morgan fingerprint density at radius 2 is 1.70 bits per heavy atom. The zero-order valence-electron chi connectivity index (χ0n) is 22.0. The normalized spacial score (nSPS) is 13.0. The van der Waals surface area contributed by atoms with Gasteiger partial charge in [0.1, 0.15) is 5.82 Å². The van der Waals surface area contributed by atoms with E-state index in [0.29, 0.717) is 41.7 Å². The van der Waals surface area contributed by atoms with Gasteiger partial charge in [0.2, 0.25) is 0 Å². The van der Waals surface area contributed by atoms with Crippen molar-refractivity contribution in [2.75, 3.05) is 13.7 Å². The number of halogens is 1. The Balaban J connectivity index is 1.42. The van der Waals surface area contributed by atoms with E-state index in [1.54, 1.807) is 36.4 Å². The second-order valence-electron chi connectivity index (χ2n) is 10.1. The number of para-hydroxylation sites is 1. The molecule has 40 heavy (non-hydrogen) atoms. The molecule has 1 heterocycles. The Morgan fingerprint density at radius 1 is 0.975 bits per heavy atom. The van der Waals surface area contributed by atoms with Gasteiger partial charge in [-0.05, 0) is 89.0 Å². The molecular formula is C33H29FN2O4. The molecule has 1 aliphatic carbocycles. The van der Waals surface area contributed by atoms with Crippen LogP contribution >= 0.6 is 0 Å². The van der Waals surface area contributed by atoms with E-state index in [2.05, 4.69) is 10.3 Å². The van der Waals surface area contributed by atoms with E-state index in [0.717, 1.165) is 38.7 Å². The van der Waals surface area contributed by atoms with E-state index in [9.17, 15) is 15.0 Å². The van der Waals surface area contributed by atoms with Crippen LogP contribution in [0, 0.1) is 5.82 Å². The number of aliphatic hydroxyl groups is 1. The molecule has 1 aliphatic rings. The van der Waals surface area contributed by atoms with Crippen LogP contribution in [0.4, 0.5) is 4.39 Å². The molecule has 0 aliphatic heterocycles. The number of rotatable bonds is 7. The van der Waals surface area contributed by atoms with Crippen molar-refractivity contribution >= 4 is 16.8 Å². The minimum atomic E-state index is -0.555. The van der Waals surface area contributed by atoms with E-state index >= 15 is 4.39 Å². The molecule has 0 saturated carbocycles. The maximum atomic E-state index is 15.0. The number of phenols is 1. The summed E-state index contributed by atoms with van der Waals surface area (Å²) in [5, 5.41) is 24.5. The Bertz CT molecular complexity index is 1740. The third-order valence-electron chi connectivity index (χ3n) is 7.71. The predicted molar refractivity (Wildman–Crippen MR) is 153 cm³/mol. The number of aromatic nitrogens is 1. The number of aliphatic hydroxyl groups excluding tert-OH is 1. The van der Waals surface area contributed by atoms with Crippen LogP contribution in [0.2, 0.25) is 0 Å². The molecule has 7 heteroatoms. The first-order chi connectivity index (χ1) is 19.5. The fourth-order valence-corrected chi connectivity index (χ4v) is 5.68. The van der Waals surface area contributed by atoms with E-state index in [1.165, 1.54) is 13.2 Å². The molecule has 5 aromatic rings. The monoisotopic (exact) mass is 536 g/mol. The summed E-state index contributed by atoms with van der Waals surface area (Å²) in [7, 11) is 1.49. The summed E-state index contributed by atoms with van der Waals surface area (Å²) in [5.41, 5.74) is 6.73. The Hall–Kier alpha value is -4.62. The second kappa shape index (κ2) is 10.5. The average Bonchev–Trinajstić information content (AvgIpc) is 3.38. The van der Waals surface area contributed by atoms with E-state index in [1.807, 2.05) is 36.5 Å². The van der Waals surface area contributed by atoms with Crippen LogP contribution in [-0.4, -0.2) is 40.9 Å². The van der Waals surface area contributed by atoms with Crippen LogP contribution in [0.3, 0.4) is 0 Å². The van der Waals surface area contributed by atoms with Crippen molar-refractivity contribution in [3.8, 4) is 33.8 Å².